The molecule has 0 saturated carbocycles. The summed E-state index contributed by atoms with van der Waals surface area (Å²) in [6.45, 7) is 0. The third kappa shape index (κ3) is 3.02. The standard InChI is InChI=1S/C23H16ClN3O3/c1-27-22(13-10-17-15(23(28)29)8-9-25-19(17)11-13)16-7-6-14(12-20(16)26-27)30-21-5-3-2-4-18(21)24/h2-9,11-12H,10H2,1H3,(H,28,29). The highest BCUT2D eigenvalue weighted by Crippen LogP contribution is 2.37. The van der Waals surface area contributed by atoms with Crippen LogP contribution in [0.1, 0.15) is 27.3 Å². The van der Waals surface area contributed by atoms with E-state index in [1.807, 2.05) is 54.2 Å². The Morgan fingerprint density at radius 2 is 2.03 bits per heavy atom. The van der Waals surface area contributed by atoms with Gasteiger partial charge < -0.3 is 9.84 Å². The first-order valence-corrected chi connectivity index (χ1v) is 9.70. The zero-order valence-electron chi connectivity index (χ0n) is 16.0. The van der Waals surface area contributed by atoms with E-state index < -0.39 is 5.97 Å². The van der Waals surface area contributed by atoms with Gasteiger partial charge in [0.2, 0.25) is 0 Å². The van der Waals surface area contributed by atoms with Crippen molar-refractivity contribution in [2.45, 2.75) is 6.42 Å². The van der Waals surface area contributed by atoms with Crippen LogP contribution in [0.5, 0.6) is 11.5 Å². The molecule has 1 N–H and O–H groups in total. The average molecular weight is 418 g/mol. The minimum Gasteiger partial charge on any atom is -0.478 e. The van der Waals surface area contributed by atoms with E-state index in [1.165, 1.54) is 12.3 Å². The normalized spacial score (nSPS) is 12.7. The number of allylic oxidation sites excluding steroid dienone is 1. The number of hydrogen-bond donors (Lipinski definition) is 1. The fraction of sp³-hybridized carbons (Fsp3) is 0.0870. The molecular formula is C23H16ClN3O3. The molecule has 0 aliphatic heterocycles. The number of aromatic nitrogens is 3. The first kappa shape index (κ1) is 18.4. The van der Waals surface area contributed by atoms with E-state index in [1.54, 1.807) is 6.07 Å². The topological polar surface area (TPSA) is 77.2 Å². The van der Waals surface area contributed by atoms with Crippen molar-refractivity contribution in [1.82, 2.24) is 14.8 Å². The van der Waals surface area contributed by atoms with Crippen LogP contribution in [0.2, 0.25) is 5.02 Å². The summed E-state index contributed by atoms with van der Waals surface area (Å²) in [6.07, 6.45) is 3.96. The zero-order valence-corrected chi connectivity index (χ0v) is 16.7. The Morgan fingerprint density at radius 1 is 1.20 bits per heavy atom. The van der Waals surface area contributed by atoms with Crippen molar-refractivity contribution in [3.05, 3.63) is 82.3 Å². The lowest BCUT2D eigenvalue weighted by molar-refractivity contribution is 0.0695. The van der Waals surface area contributed by atoms with Crippen LogP contribution in [0.25, 0.3) is 22.6 Å². The highest BCUT2D eigenvalue weighted by atomic mass is 35.5. The van der Waals surface area contributed by atoms with Gasteiger partial charge in [-0.05, 0) is 47.5 Å². The van der Waals surface area contributed by atoms with Gasteiger partial charge in [0.1, 0.15) is 11.5 Å². The number of fused-ring (bicyclic) bond motifs is 2. The lowest BCUT2D eigenvalue weighted by Gasteiger charge is -2.07. The van der Waals surface area contributed by atoms with Crippen LogP contribution in [0.15, 0.2) is 54.7 Å². The number of halogens is 1. The molecule has 6 nitrogen and oxygen atoms in total. The molecule has 0 unspecified atom stereocenters. The smallest absolute Gasteiger partial charge is 0.336 e. The third-order valence-corrected chi connectivity index (χ3v) is 5.48. The monoisotopic (exact) mass is 417 g/mol. The maximum absolute atomic E-state index is 11.6. The van der Waals surface area contributed by atoms with E-state index in [0.717, 1.165) is 27.7 Å². The van der Waals surface area contributed by atoms with Gasteiger partial charge in [-0.1, -0.05) is 23.7 Å². The van der Waals surface area contributed by atoms with E-state index in [9.17, 15) is 9.90 Å². The molecule has 5 rings (SSSR count). The molecule has 30 heavy (non-hydrogen) atoms. The molecule has 1 aliphatic rings. The van der Waals surface area contributed by atoms with Gasteiger partial charge in [-0.25, -0.2) is 4.79 Å². The molecule has 0 atom stereocenters. The number of aryl methyl sites for hydroxylation is 1. The highest BCUT2D eigenvalue weighted by Gasteiger charge is 2.24. The summed E-state index contributed by atoms with van der Waals surface area (Å²) >= 11 is 6.19. The molecule has 0 bridgehead atoms. The van der Waals surface area contributed by atoms with Crippen molar-refractivity contribution in [1.29, 1.82) is 0 Å². The Morgan fingerprint density at radius 3 is 2.83 bits per heavy atom. The van der Waals surface area contributed by atoms with Gasteiger partial charge in [-0.2, -0.15) is 5.10 Å². The van der Waals surface area contributed by atoms with Gasteiger partial charge in [0, 0.05) is 31.1 Å². The molecule has 0 radical (unpaired) electrons. The van der Waals surface area contributed by atoms with Crippen LogP contribution < -0.4 is 4.74 Å². The second kappa shape index (κ2) is 7.00. The number of carbonyl (C=O) groups is 1. The highest BCUT2D eigenvalue weighted by molar-refractivity contribution is 6.32. The van der Waals surface area contributed by atoms with Crippen LogP contribution in [0, 0.1) is 0 Å². The Labute approximate surface area is 177 Å². The number of nitrogens with zero attached hydrogens (tertiary/aromatic N) is 3. The van der Waals surface area contributed by atoms with Gasteiger partial charge in [0.15, 0.2) is 0 Å². The van der Waals surface area contributed by atoms with Crippen LogP contribution in [-0.4, -0.2) is 25.8 Å². The van der Waals surface area contributed by atoms with Crippen molar-refractivity contribution in [2.75, 3.05) is 0 Å². The summed E-state index contributed by atoms with van der Waals surface area (Å²) in [4.78, 5) is 15.9. The predicted octanol–water partition coefficient (Wildman–Crippen LogP) is 5.21. The summed E-state index contributed by atoms with van der Waals surface area (Å²) in [5.74, 6) is 0.272. The predicted molar refractivity (Wildman–Crippen MR) is 115 cm³/mol. The minimum atomic E-state index is -0.945. The SMILES string of the molecule is Cn1nc2cc(Oc3ccccc3Cl)ccc2c1C1=Cc2nccc(C(=O)O)c2C1. The molecule has 0 amide bonds. The lowest BCUT2D eigenvalue weighted by atomic mass is 10.0. The number of carboxylic acids is 1. The van der Waals surface area contributed by atoms with Crippen LogP contribution in [0.4, 0.5) is 0 Å². The molecule has 0 saturated heterocycles. The summed E-state index contributed by atoms with van der Waals surface area (Å²) in [6, 6.07) is 14.5. The number of hydrogen-bond acceptors (Lipinski definition) is 4. The van der Waals surface area contributed by atoms with Crippen molar-refractivity contribution >= 4 is 40.1 Å². The van der Waals surface area contributed by atoms with Crippen molar-refractivity contribution < 1.29 is 14.6 Å². The maximum atomic E-state index is 11.6. The number of ether oxygens (including phenoxy) is 1. The molecule has 2 aromatic carbocycles. The fourth-order valence-corrected chi connectivity index (χ4v) is 4.03. The number of rotatable bonds is 4. The van der Waals surface area contributed by atoms with Gasteiger partial charge in [0.25, 0.3) is 0 Å². The van der Waals surface area contributed by atoms with Crippen LogP contribution in [0.3, 0.4) is 0 Å². The molecule has 148 valence electrons. The van der Waals surface area contributed by atoms with Gasteiger partial charge in [-0.15, -0.1) is 0 Å². The number of carboxylic acid groups (broad SMARTS) is 1. The van der Waals surface area contributed by atoms with Gasteiger partial charge >= 0.3 is 5.97 Å². The van der Waals surface area contributed by atoms with E-state index in [-0.39, 0.29) is 5.56 Å². The van der Waals surface area contributed by atoms with Crippen molar-refractivity contribution in [3.8, 4) is 11.5 Å². The van der Waals surface area contributed by atoms with E-state index in [0.29, 0.717) is 28.6 Å². The largest absolute Gasteiger partial charge is 0.478 e. The molecule has 7 heteroatoms. The lowest BCUT2D eigenvalue weighted by Crippen LogP contribution is -2.04. The van der Waals surface area contributed by atoms with Gasteiger partial charge in [0.05, 0.1) is 27.5 Å². The maximum Gasteiger partial charge on any atom is 0.336 e. The number of benzene rings is 2. The van der Waals surface area contributed by atoms with Crippen LogP contribution in [-0.2, 0) is 13.5 Å². The number of pyridine rings is 1. The van der Waals surface area contributed by atoms with E-state index >= 15 is 0 Å². The molecule has 4 aromatic rings. The molecule has 0 spiro atoms. The average Bonchev–Trinajstić information content (AvgIpc) is 3.28. The molecule has 1 aliphatic carbocycles. The third-order valence-electron chi connectivity index (χ3n) is 5.17. The summed E-state index contributed by atoms with van der Waals surface area (Å²) < 4.78 is 7.72. The van der Waals surface area contributed by atoms with E-state index in [2.05, 4.69) is 10.1 Å². The summed E-state index contributed by atoms with van der Waals surface area (Å²) in [5, 5.41) is 15.6. The Balaban J connectivity index is 1.52. The first-order chi connectivity index (χ1) is 14.5. The summed E-state index contributed by atoms with van der Waals surface area (Å²) in [5.41, 5.74) is 4.40. The second-order valence-corrected chi connectivity index (χ2v) is 7.46. The molecular weight excluding hydrogens is 402 g/mol. The zero-order chi connectivity index (χ0) is 20.8. The number of aromatic carboxylic acids is 1. The van der Waals surface area contributed by atoms with Gasteiger partial charge in [-0.3, -0.25) is 9.67 Å². The molecule has 2 heterocycles. The quantitative estimate of drug-likeness (QED) is 0.493. The number of para-hydroxylation sites is 1. The van der Waals surface area contributed by atoms with Crippen LogP contribution >= 0.6 is 11.6 Å². The second-order valence-electron chi connectivity index (χ2n) is 7.06. The molecule has 0 fully saturated rings. The first-order valence-electron chi connectivity index (χ1n) is 9.32. The minimum absolute atomic E-state index is 0.285. The Kier molecular flexibility index (Phi) is 4.29. The molecule has 2 aromatic heterocycles. The Hall–Kier alpha value is -3.64. The fourth-order valence-electron chi connectivity index (χ4n) is 3.86. The summed E-state index contributed by atoms with van der Waals surface area (Å²) in [7, 11) is 1.87. The van der Waals surface area contributed by atoms with Crippen molar-refractivity contribution in [3.63, 3.8) is 0 Å². The Bertz CT molecular complexity index is 1360. The van der Waals surface area contributed by atoms with E-state index in [4.69, 9.17) is 16.3 Å². The van der Waals surface area contributed by atoms with Crippen molar-refractivity contribution in [2.24, 2.45) is 7.05 Å².